The smallest absolute Gasteiger partial charge is 0.234 e. The molecule has 220 valence electrons. The first-order valence-corrected chi connectivity index (χ1v) is 15.7. The molecule has 6 nitrogen and oxygen atoms in total. The number of hydrogen-bond acceptors (Lipinski definition) is 6. The summed E-state index contributed by atoms with van der Waals surface area (Å²) in [6.45, 7) is 16.8. The lowest BCUT2D eigenvalue weighted by Gasteiger charge is -2.34. The Hall–Kier alpha value is -2.52. The van der Waals surface area contributed by atoms with Gasteiger partial charge in [-0.05, 0) is 68.2 Å². The van der Waals surface area contributed by atoms with Crippen molar-refractivity contribution in [3.8, 4) is 0 Å². The topological polar surface area (TPSA) is 77.5 Å². The first kappa shape index (κ1) is 33.7. The molecule has 1 aromatic heterocycles. The summed E-state index contributed by atoms with van der Waals surface area (Å²) in [4.78, 5) is 19.2. The number of benzene rings is 2. The van der Waals surface area contributed by atoms with Crippen LogP contribution in [-0.4, -0.2) is 52.3 Å². The van der Waals surface area contributed by atoms with Crippen LogP contribution in [0, 0.1) is 12.7 Å². The largest absolute Gasteiger partial charge is 0.387 e. The number of carbonyl (C=O) groups excluding carboxylic acids is 1. The van der Waals surface area contributed by atoms with Crippen LogP contribution in [0.4, 0.5) is 10.1 Å². The number of pyridine rings is 1. The van der Waals surface area contributed by atoms with Gasteiger partial charge in [-0.15, -0.1) is 11.8 Å². The van der Waals surface area contributed by atoms with Gasteiger partial charge >= 0.3 is 0 Å². The maximum Gasteiger partial charge on any atom is 0.234 e. The Kier molecular flexibility index (Phi) is 14.6. The zero-order chi connectivity index (χ0) is 29.7. The van der Waals surface area contributed by atoms with Crippen LogP contribution >= 0.6 is 11.8 Å². The van der Waals surface area contributed by atoms with E-state index in [0.29, 0.717) is 30.1 Å². The molecule has 0 spiro atoms. The maximum atomic E-state index is 14.5. The summed E-state index contributed by atoms with van der Waals surface area (Å²) in [5.74, 6) is 0.0386. The molecule has 1 unspecified atom stereocenters. The number of aromatic nitrogens is 1. The lowest BCUT2D eigenvalue weighted by molar-refractivity contribution is -0.113. The van der Waals surface area contributed by atoms with E-state index >= 15 is 0 Å². The Morgan fingerprint density at radius 2 is 1.82 bits per heavy atom. The summed E-state index contributed by atoms with van der Waals surface area (Å²) in [5, 5.41) is 18.3. The Morgan fingerprint density at radius 3 is 2.52 bits per heavy atom. The van der Waals surface area contributed by atoms with Gasteiger partial charge in [0, 0.05) is 41.2 Å². The van der Waals surface area contributed by atoms with Gasteiger partial charge in [0.15, 0.2) is 0 Å². The molecule has 1 atom stereocenters. The van der Waals surface area contributed by atoms with Crippen LogP contribution in [0.15, 0.2) is 47.5 Å². The normalized spacial score (nSPS) is 15.8. The minimum atomic E-state index is -0.575. The molecule has 2 aromatic carbocycles. The molecule has 1 fully saturated rings. The highest BCUT2D eigenvalue weighted by Crippen LogP contribution is 2.33. The molecule has 0 aliphatic carbocycles. The summed E-state index contributed by atoms with van der Waals surface area (Å²) < 4.78 is 14.5. The first-order valence-electron chi connectivity index (χ1n) is 14.7. The van der Waals surface area contributed by atoms with Crippen molar-refractivity contribution in [1.29, 1.82) is 0 Å². The van der Waals surface area contributed by atoms with Crippen LogP contribution < -0.4 is 10.6 Å². The molecular weight excluding hydrogens is 523 g/mol. The molecule has 2 aliphatic heterocycles. The van der Waals surface area contributed by atoms with Crippen molar-refractivity contribution in [2.75, 3.05) is 30.7 Å². The third-order valence-corrected chi connectivity index (χ3v) is 7.69. The highest BCUT2D eigenvalue weighted by molar-refractivity contribution is 8.00. The Labute approximate surface area is 244 Å². The van der Waals surface area contributed by atoms with Crippen LogP contribution in [0.25, 0.3) is 10.9 Å². The second-order valence-corrected chi connectivity index (χ2v) is 10.2. The number of piperidine rings is 1. The van der Waals surface area contributed by atoms with Gasteiger partial charge in [-0.1, -0.05) is 53.7 Å². The molecule has 8 heteroatoms. The first-order chi connectivity index (χ1) is 19.5. The standard InChI is InChI=1S/C26H29FN4O2S.3C2H6/c1-16-9-20-19(3-2-4-22(20)29-12-16)24(32)14-31-7-5-18(6-8-31)28-13-17-10-23-25(11-21(17)27)34-15-26(33)30-23;3*1-2/h2-4,9-12,18,24,28,32H,5-8,13-15H2,1H3,(H,30,33);3*1-2H3. The van der Waals surface area contributed by atoms with Crippen LogP contribution in [0.1, 0.15) is 77.2 Å². The van der Waals surface area contributed by atoms with Crippen LogP contribution in [-0.2, 0) is 11.3 Å². The van der Waals surface area contributed by atoms with E-state index in [4.69, 9.17) is 0 Å². The molecule has 0 bridgehead atoms. The average Bonchev–Trinajstić information content (AvgIpc) is 2.99. The van der Waals surface area contributed by atoms with Crippen molar-refractivity contribution in [2.24, 2.45) is 0 Å². The number of aliphatic hydroxyl groups excluding tert-OH is 1. The van der Waals surface area contributed by atoms with E-state index in [2.05, 4.69) is 26.6 Å². The summed E-state index contributed by atoms with van der Waals surface area (Å²) >= 11 is 1.37. The lowest BCUT2D eigenvalue weighted by Crippen LogP contribution is -2.43. The molecule has 3 heterocycles. The molecule has 1 amide bonds. The predicted molar refractivity (Wildman–Crippen MR) is 168 cm³/mol. The number of rotatable bonds is 6. The number of thioether (sulfide) groups is 1. The second kappa shape index (κ2) is 17.3. The number of nitrogens with one attached hydrogen (secondary N) is 2. The second-order valence-electron chi connectivity index (χ2n) is 9.17. The fourth-order valence-electron chi connectivity index (χ4n) is 4.77. The van der Waals surface area contributed by atoms with Crippen molar-refractivity contribution in [2.45, 2.75) is 84.9 Å². The van der Waals surface area contributed by atoms with E-state index in [1.54, 1.807) is 6.07 Å². The third-order valence-electron chi connectivity index (χ3n) is 6.64. The van der Waals surface area contributed by atoms with Gasteiger partial charge in [0.2, 0.25) is 5.91 Å². The lowest BCUT2D eigenvalue weighted by atomic mass is 10.00. The van der Waals surface area contributed by atoms with Gasteiger partial charge in [-0.2, -0.15) is 0 Å². The molecule has 0 radical (unpaired) electrons. The van der Waals surface area contributed by atoms with Gasteiger partial charge in [0.05, 0.1) is 23.1 Å². The Morgan fingerprint density at radius 1 is 1.12 bits per heavy atom. The van der Waals surface area contributed by atoms with E-state index in [1.807, 2.05) is 72.9 Å². The van der Waals surface area contributed by atoms with Crippen molar-refractivity contribution in [3.63, 3.8) is 0 Å². The summed E-state index contributed by atoms with van der Waals surface area (Å²) in [6, 6.07) is 11.5. The number of aliphatic hydroxyl groups is 1. The minimum Gasteiger partial charge on any atom is -0.387 e. The van der Waals surface area contributed by atoms with E-state index in [1.165, 1.54) is 17.8 Å². The number of β-amino-alcohol motifs (C(OH)–C–C–N with tert-alkyl or cyclic N) is 1. The summed E-state index contributed by atoms with van der Waals surface area (Å²) in [5.41, 5.74) is 4.16. The van der Waals surface area contributed by atoms with Gasteiger partial charge in [0.25, 0.3) is 0 Å². The number of anilines is 1. The average molecular weight is 571 g/mol. The van der Waals surface area contributed by atoms with Crippen LogP contribution in [0.5, 0.6) is 0 Å². The summed E-state index contributed by atoms with van der Waals surface area (Å²) in [6.07, 6.45) is 3.14. The van der Waals surface area contributed by atoms with Gasteiger partial charge in [0.1, 0.15) is 5.82 Å². The highest BCUT2D eigenvalue weighted by Gasteiger charge is 2.23. The minimum absolute atomic E-state index is 0.0486. The molecule has 5 rings (SSSR count). The number of fused-ring (bicyclic) bond motifs is 2. The van der Waals surface area contributed by atoms with Gasteiger partial charge in [-0.3, -0.25) is 9.78 Å². The molecule has 2 aliphatic rings. The van der Waals surface area contributed by atoms with Crippen LogP contribution in [0.3, 0.4) is 0 Å². The number of halogens is 1. The SMILES string of the molecule is CC.CC.CC.Cc1cnc2cccc(C(O)CN3CCC(NCc4cc5c(cc4F)SCC(=O)N5)CC3)c2c1. The zero-order valence-electron chi connectivity index (χ0n) is 25.2. The van der Waals surface area contributed by atoms with Crippen molar-refractivity contribution in [1.82, 2.24) is 15.2 Å². The van der Waals surface area contributed by atoms with Gasteiger partial charge < -0.3 is 20.6 Å². The third kappa shape index (κ3) is 8.99. The number of nitrogens with zero attached hydrogens (tertiary/aromatic N) is 2. The molecule has 3 N–H and O–H groups in total. The van der Waals surface area contributed by atoms with Crippen molar-refractivity contribution >= 4 is 34.3 Å². The van der Waals surface area contributed by atoms with E-state index in [9.17, 15) is 14.3 Å². The van der Waals surface area contributed by atoms with Crippen molar-refractivity contribution in [3.05, 3.63) is 65.1 Å². The monoisotopic (exact) mass is 570 g/mol. The van der Waals surface area contributed by atoms with E-state index in [-0.39, 0.29) is 17.8 Å². The fourth-order valence-corrected chi connectivity index (χ4v) is 5.58. The maximum absolute atomic E-state index is 14.5. The Balaban J connectivity index is 0.000000876. The quantitative estimate of drug-likeness (QED) is 0.294. The summed E-state index contributed by atoms with van der Waals surface area (Å²) in [7, 11) is 0. The Bertz CT molecular complexity index is 1210. The molecule has 3 aromatic rings. The highest BCUT2D eigenvalue weighted by atomic mass is 32.2. The molecular formula is C32H47FN4O2S. The van der Waals surface area contributed by atoms with Gasteiger partial charge in [-0.25, -0.2) is 4.39 Å². The number of likely N-dealkylation sites (tertiary alicyclic amines) is 1. The zero-order valence-corrected chi connectivity index (χ0v) is 26.0. The van der Waals surface area contributed by atoms with E-state index in [0.717, 1.165) is 52.9 Å². The van der Waals surface area contributed by atoms with E-state index < -0.39 is 6.10 Å². The molecule has 1 saturated heterocycles. The van der Waals surface area contributed by atoms with Crippen molar-refractivity contribution < 1.29 is 14.3 Å². The van der Waals surface area contributed by atoms with Crippen LogP contribution in [0.2, 0.25) is 0 Å². The number of hydrogen-bond donors (Lipinski definition) is 3. The predicted octanol–water partition coefficient (Wildman–Crippen LogP) is 7.09. The fraction of sp³-hybridized carbons (Fsp3) is 0.500. The molecule has 40 heavy (non-hydrogen) atoms. The number of aryl methyl sites for hydroxylation is 1. The number of carbonyl (C=O) groups is 1. The number of amides is 1. The molecule has 0 saturated carbocycles.